The van der Waals surface area contributed by atoms with Crippen LogP contribution in [0.4, 0.5) is 3.89 Å². The van der Waals surface area contributed by atoms with Gasteiger partial charge in [0.25, 0.3) is 0 Å². The van der Waals surface area contributed by atoms with Gasteiger partial charge in [-0.25, -0.2) is 0 Å². The summed E-state index contributed by atoms with van der Waals surface area (Å²) in [6.45, 7) is 0. The average molecular weight is 164 g/mol. The molecule has 0 aromatic heterocycles. The average Bonchev–Trinajstić information content (AvgIpc) is 2.07. The Morgan fingerprint density at radius 3 is 2.00 bits per heavy atom. The van der Waals surface area contributed by atoms with Gasteiger partial charge in [-0.15, -0.1) is 3.89 Å². The van der Waals surface area contributed by atoms with Crippen LogP contribution in [0.2, 0.25) is 0 Å². The van der Waals surface area contributed by atoms with E-state index in [1.54, 1.807) is 0 Å². The van der Waals surface area contributed by atoms with Gasteiger partial charge in [-0.3, -0.25) is 0 Å². The lowest BCUT2D eigenvalue weighted by molar-refractivity contribution is 0.303. The summed E-state index contributed by atoms with van der Waals surface area (Å²) in [7, 11) is -4.21. The number of rotatable bonds is 1. The zero-order valence-electron chi connectivity index (χ0n) is 5.46. The largest absolute Gasteiger partial charge is 0.305 e. The van der Waals surface area contributed by atoms with Crippen molar-refractivity contribution in [3.63, 3.8) is 0 Å². The van der Waals surface area contributed by atoms with Crippen molar-refractivity contribution in [3.8, 4) is 0 Å². The first-order valence-electron chi connectivity index (χ1n) is 3.51. The summed E-state index contributed by atoms with van der Waals surface area (Å²) in [5, 5.41) is -0.641. The molecule has 4 heteroatoms. The molecule has 1 atom stereocenters. The van der Waals surface area contributed by atoms with Crippen LogP contribution in [0.25, 0.3) is 0 Å². The summed E-state index contributed by atoms with van der Waals surface area (Å²) in [6, 6.07) is 0. The van der Waals surface area contributed by atoms with Crippen LogP contribution in [-0.4, -0.2) is 13.7 Å². The van der Waals surface area contributed by atoms with Crippen molar-refractivity contribution in [1.29, 1.82) is 0 Å². The predicted octanol–water partition coefficient (Wildman–Crippen LogP) is 1.08. The Balaban J connectivity index is 2.22. The van der Waals surface area contributed by atoms with E-state index >= 15 is 0 Å². The molecular weight excluding hydrogens is 155 g/mol. The lowest BCUT2D eigenvalue weighted by Crippen LogP contribution is -2.22. The molecule has 0 aliphatic heterocycles. The SMILES string of the molecule is O=S(=O)(F)C1CC2CC1C2. The molecule has 0 radical (unpaired) electrons. The number of hydrogen-bond donors (Lipinski definition) is 0. The lowest BCUT2D eigenvalue weighted by atomic mass is 9.85. The maximum absolute atomic E-state index is 12.3. The molecule has 3 rings (SSSR count). The van der Waals surface area contributed by atoms with Crippen LogP contribution in [0.1, 0.15) is 19.3 Å². The molecule has 3 saturated carbocycles. The Hall–Kier alpha value is -0.120. The second kappa shape index (κ2) is 1.72. The molecule has 0 saturated heterocycles. The Morgan fingerprint density at radius 2 is 1.80 bits per heavy atom. The maximum Gasteiger partial charge on any atom is 0.305 e. The van der Waals surface area contributed by atoms with Gasteiger partial charge in [0.05, 0.1) is 5.25 Å². The van der Waals surface area contributed by atoms with Crippen molar-refractivity contribution in [2.45, 2.75) is 24.5 Å². The van der Waals surface area contributed by atoms with Crippen LogP contribution >= 0.6 is 0 Å². The second-order valence-corrected chi connectivity index (χ2v) is 4.90. The van der Waals surface area contributed by atoms with Crippen molar-refractivity contribution < 1.29 is 12.3 Å². The van der Waals surface area contributed by atoms with Gasteiger partial charge in [0, 0.05) is 0 Å². The van der Waals surface area contributed by atoms with E-state index in [1.807, 2.05) is 0 Å². The van der Waals surface area contributed by atoms with E-state index < -0.39 is 15.5 Å². The zero-order valence-corrected chi connectivity index (χ0v) is 6.27. The third-order valence-electron chi connectivity index (χ3n) is 2.73. The normalized spacial score (nSPS) is 45.1. The molecule has 0 heterocycles. The van der Waals surface area contributed by atoms with Gasteiger partial charge in [-0.05, 0) is 31.1 Å². The predicted molar refractivity (Wildman–Crippen MR) is 34.6 cm³/mol. The first kappa shape index (κ1) is 6.58. The molecule has 2 nitrogen and oxygen atoms in total. The first-order valence-corrected chi connectivity index (χ1v) is 4.95. The maximum atomic E-state index is 12.3. The fourth-order valence-electron chi connectivity index (χ4n) is 2.15. The molecule has 0 N–H and O–H groups in total. The quantitative estimate of drug-likeness (QED) is 0.543. The third-order valence-corrected chi connectivity index (χ3v) is 4.03. The van der Waals surface area contributed by atoms with Crippen LogP contribution in [0.3, 0.4) is 0 Å². The minimum Gasteiger partial charge on any atom is -0.195 e. The molecule has 3 aliphatic rings. The van der Waals surface area contributed by atoms with Crippen LogP contribution in [0.5, 0.6) is 0 Å². The molecule has 1 unspecified atom stereocenters. The molecule has 3 fully saturated rings. The zero-order chi connectivity index (χ0) is 7.35. The van der Waals surface area contributed by atoms with Crippen LogP contribution in [0, 0.1) is 11.8 Å². The molecule has 58 valence electrons. The summed E-state index contributed by atoms with van der Waals surface area (Å²) in [5.41, 5.74) is 0. The highest BCUT2D eigenvalue weighted by Crippen LogP contribution is 2.51. The van der Waals surface area contributed by atoms with Crippen LogP contribution < -0.4 is 0 Å². The molecule has 2 bridgehead atoms. The Bertz CT molecular complexity index is 240. The Kier molecular flexibility index (Phi) is 1.14. The van der Waals surface area contributed by atoms with Gasteiger partial charge >= 0.3 is 10.2 Å². The van der Waals surface area contributed by atoms with Gasteiger partial charge in [0.2, 0.25) is 0 Å². The Morgan fingerprint density at radius 1 is 1.20 bits per heavy atom. The molecule has 10 heavy (non-hydrogen) atoms. The highest BCUT2D eigenvalue weighted by Gasteiger charge is 2.50. The fraction of sp³-hybridized carbons (Fsp3) is 1.00. The highest BCUT2D eigenvalue weighted by molar-refractivity contribution is 7.87. The molecule has 0 amide bonds. The van der Waals surface area contributed by atoms with Gasteiger partial charge in [0.1, 0.15) is 0 Å². The van der Waals surface area contributed by atoms with Crippen molar-refractivity contribution in [3.05, 3.63) is 0 Å². The minimum atomic E-state index is -4.21. The summed E-state index contributed by atoms with van der Waals surface area (Å²) in [4.78, 5) is 0. The number of hydrogen-bond acceptors (Lipinski definition) is 2. The molecule has 0 spiro atoms. The van der Waals surface area contributed by atoms with Gasteiger partial charge in [0.15, 0.2) is 0 Å². The van der Waals surface area contributed by atoms with E-state index in [4.69, 9.17) is 0 Å². The van der Waals surface area contributed by atoms with E-state index in [0.717, 1.165) is 12.8 Å². The highest BCUT2D eigenvalue weighted by atomic mass is 32.3. The summed E-state index contributed by atoms with van der Waals surface area (Å²) in [6.07, 6.45) is 2.45. The van der Waals surface area contributed by atoms with Gasteiger partial charge < -0.3 is 0 Å². The second-order valence-electron chi connectivity index (χ2n) is 3.35. The standard InChI is InChI=1S/C6H9FO2S/c7-10(8,9)6-3-4-1-5(6)2-4/h4-6H,1-3H2. The van der Waals surface area contributed by atoms with Crippen molar-refractivity contribution in [1.82, 2.24) is 0 Å². The van der Waals surface area contributed by atoms with Gasteiger partial charge in [-0.2, -0.15) is 8.42 Å². The van der Waals surface area contributed by atoms with Crippen molar-refractivity contribution in [2.24, 2.45) is 11.8 Å². The van der Waals surface area contributed by atoms with Crippen molar-refractivity contribution in [2.75, 3.05) is 0 Å². The minimum absolute atomic E-state index is 0.153. The topological polar surface area (TPSA) is 34.1 Å². The molecular formula is C6H9FO2S. The number of fused-ring (bicyclic) bond motifs is 1. The number of halogens is 1. The molecule has 0 aromatic rings. The van der Waals surface area contributed by atoms with E-state index in [-0.39, 0.29) is 5.92 Å². The Labute approximate surface area is 59.6 Å². The van der Waals surface area contributed by atoms with Crippen molar-refractivity contribution >= 4 is 10.2 Å². The molecule has 0 aromatic carbocycles. The van der Waals surface area contributed by atoms with E-state index in [2.05, 4.69) is 0 Å². The van der Waals surface area contributed by atoms with Crippen LogP contribution in [0.15, 0.2) is 0 Å². The fourth-order valence-corrected chi connectivity index (χ4v) is 3.33. The van der Waals surface area contributed by atoms with E-state index in [1.165, 1.54) is 0 Å². The smallest absolute Gasteiger partial charge is 0.195 e. The lowest BCUT2D eigenvalue weighted by Gasteiger charge is -2.22. The van der Waals surface area contributed by atoms with E-state index in [0.29, 0.717) is 12.3 Å². The van der Waals surface area contributed by atoms with Crippen LogP contribution in [-0.2, 0) is 10.2 Å². The summed E-state index contributed by atoms with van der Waals surface area (Å²) < 4.78 is 33.2. The van der Waals surface area contributed by atoms with Gasteiger partial charge in [-0.1, -0.05) is 0 Å². The molecule has 3 aliphatic carbocycles. The monoisotopic (exact) mass is 164 g/mol. The first-order chi connectivity index (χ1) is 4.57. The third kappa shape index (κ3) is 0.779. The van der Waals surface area contributed by atoms with E-state index in [9.17, 15) is 12.3 Å². The summed E-state index contributed by atoms with van der Waals surface area (Å²) >= 11 is 0. The summed E-state index contributed by atoms with van der Waals surface area (Å²) in [5.74, 6) is 0.667.